The standard InChI is InChI=1S/C19H23N3O5/c1-27-16(24)10-21-17(25)15-7-14(23)9-22(15)19(18(21)26)11-20(12-19)8-13-5-3-2-4-6-13/h2-6,14-15,23H,7-12H2,1H3/t14-,15+/m1/s1. The Bertz CT molecular complexity index is 762. The lowest BCUT2D eigenvalue weighted by molar-refractivity contribution is -0.183. The minimum Gasteiger partial charge on any atom is -0.468 e. The Hall–Kier alpha value is -2.29. The monoisotopic (exact) mass is 373 g/mol. The fraction of sp³-hybridized carbons (Fsp3) is 0.526. The van der Waals surface area contributed by atoms with E-state index in [4.69, 9.17) is 0 Å². The fourth-order valence-corrected chi connectivity index (χ4v) is 4.48. The van der Waals surface area contributed by atoms with Crippen LogP contribution in [0.5, 0.6) is 0 Å². The number of hydrogen-bond donors (Lipinski definition) is 1. The molecule has 1 spiro atoms. The molecule has 3 fully saturated rings. The minimum atomic E-state index is -0.862. The number of carbonyl (C=O) groups is 3. The van der Waals surface area contributed by atoms with Gasteiger partial charge in [0.15, 0.2) is 0 Å². The average molecular weight is 373 g/mol. The van der Waals surface area contributed by atoms with Crippen LogP contribution in [-0.4, -0.2) is 88.6 Å². The molecule has 0 aliphatic carbocycles. The molecule has 1 N–H and O–H groups in total. The summed E-state index contributed by atoms with van der Waals surface area (Å²) in [5.41, 5.74) is 0.287. The Morgan fingerprint density at radius 1 is 1.26 bits per heavy atom. The number of β-amino-alcohol motifs (C(OH)–C–C–N with tert-alkyl or cyclic N) is 1. The summed E-state index contributed by atoms with van der Waals surface area (Å²) < 4.78 is 4.64. The van der Waals surface area contributed by atoms with Crippen LogP contribution in [0.4, 0.5) is 0 Å². The van der Waals surface area contributed by atoms with Crippen LogP contribution in [0.3, 0.4) is 0 Å². The van der Waals surface area contributed by atoms with Crippen molar-refractivity contribution in [2.45, 2.75) is 30.7 Å². The number of esters is 1. The van der Waals surface area contributed by atoms with Gasteiger partial charge in [0.1, 0.15) is 12.1 Å². The number of rotatable bonds is 4. The fourth-order valence-electron chi connectivity index (χ4n) is 4.48. The Balaban J connectivity index is 1.56. The zero-order valence-electron chi connectivity index (χ0n) is 15.2. The van der Waals surface area contributed by atoms with E-state index in [9.17, 15) is 19.5 Å². The summed E-state index contributed by atoms with van der Waals surface area (Å²) in [5, 5.41) is 10.1. The molecular weight excluding hydrogens is 350 g/mol. The molecule has 8 nitrogen and oxygen atoms in total. The first-order valence-electron chi connectivity index (χ1n) is 9.08. The van der Waals surface area contributed by atoms with Crippen LogP contribution in [0.15, 0.2) is 30.3 Å². The maximum atomic E-state index is 13.2. The quantitative estimate of drug-likeness (QED) is 0.547. The number of amides is 2. The number of aliphatic hydroxyl groups is 1. The molecule has 0 bridgehead atoms. The third kappa shape index (κ3) is 2.93. The molecule has 3 aliphatic heterocycles. The molecule has 2 amide bonds. The van der Waals surface area contributed by atoms with Gasteiger partial charge in [-0.05, 0) is 12.0 Å². The molecule has 27 heavy (non-hydrogen) atoms. The van der Waals surface area contributed by atoms with E-state index < -0.39 is 29.6 Å². The SMILES string of the molecule is COC(=O)CN1C(=O)[C@@H]2C[C@@H](O)CN2C2(CN(Cc3ccccc3)C2)C1=O. The highest BCUT2D eigenvalue weighted by atomic mass is 16.5. The van der Waals surface area contributed by atoms with Crippen LogP contribution in [0.1, 0.15) is 12.0 Å². The second-order valence-electron chi connectivity index (χ2n) is 7.53. The first-order valence-corrected chi connectivity index (χ1v) is 9.08. The van der Waals surface area contributed by atoms with Crippen molar-refractivity contribution in [3.8, 4) is 0 Å². The minimum absolute atomic E-state index is 0.282. The van der Waals surface area contributed by atoms with Crippen LogP contribution in [-0.2, 0) is 25.7 Å². The van der Waals surface area contributed by atoms with E-state index in [-0.39, 0.29) is 18.9 Å². The number of benzene rings is 1. The van der Waals surface area contributed by atoms with Crippen LogP contribution >= 0.6 is 0 Å². The summed E-state index contributed by atoms with van der Waals surface area (Å²) in [7, 11) is 1.23. The topological polar surface area (TPSA) is 90.4 Å². The maximum absolute atomic E-state index is 13.2. The number of carbonyl (C=O) groups excluding carboxylic acids is 3. The number of methoxy groups -OCH3 is 1. The van der Waals surface area contributed by atoms with Crippen LogP contribution in [0, 0.1) is 0 Å². The van der Waals surface area contributed by atoms with Crippen molar-refractivity contribution in [2.24, 2.45) is 0 Å². The number of nitrogens with zero attached hydrogens (tertiary/aromatic N) is 3. The van der Waals surface area contributed by atoms with E-state index in [1.807, 2.05) is 35.2 Å². The highest BCUT2D eigenvalue weighted by Crippen LogP contribution is 2.40. The summed E-state index contributed by atoms with van der Waals surface area (Å²) in [6, 6.07) is 9.40. The first-order chi connectivity index (χ1) is 12.9. The molecule has 2 atom stereocenters. The molecule has 8 heteroatoms. The van der Waals surface area contributed by atoms with Crippen molar-refractivity contribution in [3.05, 3.63) is 35.9 Å². The van der Waals surface area contributed by atoms with Crippen LogP contribution in [0.2, 0.25) is 0 Å². The van der Waals surface area contributed by atoms with E-state index >= 15 is 0 Å². The number of likely N-dealkylation sites (tertiary alicyclic amines) is 1. The molecule has 4 rings (SSSR count). The zero-order valence-corrected chi connectivity index (χ0v) is 15.2. The number of imide groups is 1. The molecule has 1 aromatic carbocycles. The molecule has 0 saturated carbocycles. The molecule has 0 aromatic heterocycles. The van der Waals surface area contributed by atoms with Gasteiger partial charge in [-0.3, -0.25) is 29.1 Å². The lowest BCUT2D eigenvalue weighted by atomic mass is 9.82. The Morgan fingerprint density at radius 3 is 2.63 bits per heavy atom. The van der Waals surface area contributed by atoms with Gasteiger partial charge < -0.3 is 9.84 Å². The van der Waals surface area contributed by atoms with E-state index in [1.54, 1.807) is 0 Å². The summed E-state index contributed by atoms with van der Waals surface area (Å²) in [6.07, 6.45) is -0.366. The zero-order chi connectivity index (χ0) is 19.2. The van der Waals surface area contributed by atoms with Gasteiger partial charge >= 0.3 is 5.97 Å². The number of piperazine rings is 1. The maximum Gasteiger partial charge on any atom is 0.325 e. The molecule has 1 aromatic rings. The van der Waals surface area contributed by atoms with Gasteiger partial charge in [-0.25, -0.2) is 0 Å². The molecule has 144 valence electrons. The second-order valence-corrected chi connectivity index (χ2v) is 7.53. The van der Waals surface area contributed by atoms with Gasteiger partial charge in [-0.1, -0.05) is 30.3 Å². The van der Waals surface area contributed by atoms with E-state index in [2.05, 4.69) is 9.64 Å². The van der Waals surface area contributed by atoms with Crippen molar-refractivity contribution < 1.29 is 24.2 Å². The summed E-state index contributed by atoms with van der Waals surface area (Å²) in [6.45, 7) is 1.56. The normalized spacial score (nSPS) is 27.6. The number of hydrogen-bond acceptors (Lipinski definition) is 7. The number of fused-ring (bicyclic) bond motifs is 2. The molecular formula is C19H23N3O5. The van der Waals surface area contributed by atoms with Crippen LogP contribution in [0.25, 0.3) is 0 Å². The molecule has 3 aliphatic rings. The lowest BCUT2D eigenvalue weighted by Gasteiger charge is -2.58. The smallest absolute Gasteiger partial charge is 0.325 e. The van der Waals surface area contributed by atoms with Crippen molar-refractivity contribution in [1.82, 2.24) is 14.7 Å². The lowest BCUT2D eigenvalue weighted by Crippen LogP contribution is -2.81. The Labute approximate surface area is 157 Å². The molecule has 3 saturated heterocycles. The highest BCUT2D eigenvalue weighted by molar-refractivity contribution is 6.07. The van der Waals surface area contributed by atoms with E-state index in [0.717, 1.165) is 10.5 Å². The van der Waals surface area contributed by atoms with Gasteiger partial charge in [0, 0.05) is 26.2 Å². The van der Waals surface area contributed by atoms with Crippen LogP contribution < -0.4 is 0 Å². The number of ether oxygens (including phenoxy) is 1. The van der Waals surface area contributed by atoms with Crippen molar-refractivity contribution in [1.29, 1.82) is 0 Å². The first kappa shape index (κ1) is 18.1. The average Bonchev–Trinajstić information content (AvgIpc) is 3.03. The van der Waals surface area contributed by atoms with Crippen molar-refractivity contribution >= 4 is 17.8 Å². The van der Waals surface area contributed by atoms with E-state index in [1.165, 1.54) is 7.11 Å². The predicted molar refractivity (Wildman–Crippen MR) is 94.3 cm³/mol. The summed E-state index contributed by atoms with van der Waals surface area (Å²) in [5.74, 6) is -1.42. The van der Waals surface area contributed by atoms with Gasteiger partial charge in [0.05, 0.1) is 19.3 Å². The van der Waals surface area contributed by atoms with Crippen molar-refractivity contribution in [2.75, 3.05) is 33.3 Å². The third-order valence-electron chi connectivity index (χ3n) is 5.76. The Morgan fingerprint density at radius 2 is 1.96 bits per heavy atom. The highest BCUT2D eigenvalue weighted by Gasteiger charge is 2.64. The molecule has 3 heterocycles. The largest absolute Gasteiger partial charge is 0.468 e. The molecule has 0 unspecified atom stereocenters. The van der Waals surface area contributed by atoms with Gasteiger partial charge in [-0.2, -0.15) is 0 Å². The van der Waals surface area contributed by atoms with Gasteiger partial charge in [0.2, 0.25) is 5.91 Å². The predicted octanol–water partition coefficient (Wildman–Crippen LogP) is -0.782. The van der Waals surface area contributed by atoms with E-state index in [0.29, 0.717) is 26.2 Å². The molecule has 0 radical (unpaired) electrons. The third-order valence-corrected chi connectivity index (χ3v) is 5.76. The number of aliphatic hydroxyl groups excluding tert-OH is 1. The second kappa shape index (κ2) is 6.70. The summed E-state index contributed by atoms with van der Waals surface area (Å²) >= 11 is 0. The van der Waals surface area contributed by atoms with Crippen molar-refractivity contribution in [3.63, 3.8) is 0 Å². The Kier molecular flexibility index (Phi) is 4.49. The summed E-state index contributed by atoms with van der Waals surface area (Å²) in [4.78, 5) is 42.6. The van der Waals surface area contributed by atoms with Gasteiger partial charge in [0.25, 0.3) is 5.91 Å². The van der Waals surface area contributed by atoms with Gasteiger partial charge in [-0.15, -0.1) is 0 Å².